The van der Waals surface area contributed by atoms with Crippen LogP contribution in [0.3, 0.4) is 0 Å². The summed E-state index contributed by atoms with van der Waals surface area (Å²) in [5, 5.41) is 8.40. The first kappa shape index (κ1) is 11.6. The quantitative estimate of drug-likeness (QED) is 0.740. The molecular weight excluding hydrogens is 244 g/mol. The Labute approximate surface area is 108 Å². The highest BCUT2D eigenvalue weighted by molar-refractivity contribution is 5.82. The molecular formula is C13H12N4O2. The summed E-state index contributed by atoms with van der Waals surface area (Å²) in [4.78, 5) is 12.0. The summed E-state index contributed by atoms with van der Waals surface area (Å²) in [6.45, 7) is 0.205. The van der Waals surface area contributed by atoms with Crippen molar-refractivity contribution in [3.05, 3.63) is 46.4 Å². The predicted molar refractivity (Wildman–Crippen MR) is 70.4 cm³/mol. The molecule has 0 spiro atoms. The Balaban J connectivity index is 2.21. The lowest BCUT2D eigenvalue weighted by Gasteiger charge is -2.02. The van der Waals surface area contributed by atoms with Gasteiger partial charge in [-0.3, -0.25) is 9.48 Å². The Kier molecular flexibility index (Phi) is 2.64. The summed E-state index contributed by atoms with van der Waals surface area (Å²) in [5.41, 5.74) is 7.45. The molecule has 3 aromatic rings. The number of hydrogen-bond donors (Lipinski definition) is 1. The van der Waals surface area contributed by atoms with Gasteiger partial charge in [0.05, 0.1) is 18.1 Å². The largest absolute Gasteiger partial charge is 0.459 e. The zero-order chi connectivity index (χ0) is 13.4. The van der Waals surface area contributed by atoms with Gasteiger partial charge in [-0.25, -0.2) is 0 Å². The molecule has 0 amide bonds. The van der Waals surface area contributed by atoms with Crippen molar-refractivity contribution in [2.45, 2.75) is 6.54 Å². The number of fused-ring (bicyclic) bond motifs is 1. The minimum absolute atomic E-state index is 0.104. The number of nitrogens with two attached hydrogens (primary N) is 1. The summed E-state index contributed by atoms with van der Waals surface area (Å²) in [6, 6.07) is 6.77. The van der Waals surface area contributed by atoms with Crippen LogP contribution < -0.4 is 11.2 Å². The molecule has 0 fully saturated rings. The summed E-state index contributed by atoms with van der Waals surface area (Å²) in [7, 11) is 1.79. The van der Waals surface area contributed by atoms with E-state index in [1.807, 2.05) is 6.07 Å². The van der Waals surface area contributed by atoms with Gasteiger partial charge in [0.15, 0.2) is 5.43 Å². The predicted octanol–water partition coefficient (Wildman–Crippen LogP) is 1.05. The molecule has 0 saturated carbocycles. The van der Waals surface area contributed by atoms with Gasteiger partial charge in [0.25, 0.3) is 0 Å². The van der Waals surface area contributed by atoms with E-state index >= 15 is 0 Å². The van der Waals surface area contributed by atoms with Gasteiger partial charge in [0.1, 0.15) is 17.0 Å². The lowest BCUT2D eigenvalue weighted by molar-refractivity contribution is 0.539. The fourth-order valence-electron chi connectivity index (χ4n) is 1.95. The number of aromatic nitrogens is 3. The minimum atomic E-state index is -0.104. The van der Waals surface area contributed by atoms with Crippen molar-refractivity contribution in [2.75, 3.05) is 0 Å². The molecule has 2 N–H and O–H groups in total. The summed E-state index contributed by atoms with van der Waals surface area (Å²) >= 11 is 0. The third-order valence-corrected chi connectivity index (χ3v) is 2.88. The van der Waals surface area contributed by atoms with Gasteiger partial charge in [-0.1, -0.05) is 5.21 Å². The Hall–Kier alpha value is -2.47. The smallest absolute Gasteiger partial charge is 0.193 e. The zero-order valence-electron chi connectivity index (χ0n) is 10.3. The maximum atomic E-state index is 12.0. The first-order valence-corrected chi connectivity index (χ1v) is 5.81. The second-order valence-electron chi connectivity index (χ2n) is 4.27. The van der Waals surface area contributed by atoms with Crippen molar-refractivity contribution in [3.8, 4) is 11.3 Å². The Bertz CT molecular complexity index is 804. The van der Waals surface area contributed by atoms with Crippen LogP contribution in [0.5, 0.6) is 0 Å². The molecule has 0 aliphatic heterocycles. The molecule has 96 valence electrons. The van der Waals surface area contributed by atoms with Crippen molar-refractivity contribution >= 4 is 11.0 Å². The molecule has 0 aliphatic carbocycles. The van der Waals surface area contributed by atoms with Crippen molar-refractivity contribution in [3.63, 3.8) is 0 Å². The van der Waals surface area contributed by atoms with Crippen LogP contribution in [-0.4, -0.2) is 15.0 Å². The SMILES string of the molecule is Cn1cc(-c2ccc3oc(CN)cc(=O)c3c2)nn1. The topological polar surface area (TPSA) is 86.9 Å². The fourth-order valence-corrected chi connectivity index (χ4v) is 1.95. The number of benzene rings is 1. The van der Waals surface area contributed by atoms with Crippen molar-refractivity contribution in [1.29, 1.82) is 0 Å². The number of rotatable bonds is 2. The van der Waals surface area contributed by atoms with Crippen molar-refractivity contribution < 1.29 is 4.42 Å². The van der Waals surface area contributed by atoms with E-state index in [-0.39, 0.29) is 12.0 Å². The molecule has 0 aliphatic rings. The van der Waals surface area contributed by atoms with E-state index < -0.39 is 0 Å². The van der Waals surface area contributed by atoms with Gasteiger partial charge < -0.3 is 10.2 Å². The monoisotopic (exact) mass is 256 g/mol. The lowest BCUT2D eigenvalue weighted by atomic mass is 10.1. The number of nitrogens with zero attached hydrogens (tertiary/aromatic N) is 3. The van der Waals surface area contributed by atoms with Crippen LogP contribution in [0.4, 0.5) is 0 Å². The first-order chi connectivity index (χ1) is 9.17. The van der Waals surface area contributed by atoms with Crippen LogP contribution in [-0.2, 0) is 13.6 Å². The molecule has 0 radical (unpaired) electrons. The number of hydrogen-bond acceptors (Lipinski definition) is 5. The molecule has 0 bridgehead atoms. The summed E-state index contributed by atoms with van der Waals surface area (Å²) in [5.74, 6) is 0.477. The molecule has 2 heterocycles. The van der Waals surface area contributed by atoms with Gasteiger partial charge in [0.2, 0.25) is 0 Å². The molecule has 2 aromatic heterocycles. The molecule has 3 rings (SSSR count). The van der Waals surface area contributed by atoms with E-state index in [9.17, 15) is 4.79 Å². The van der Waals surface area contributed by atoms with Gasteiger partial charge in [-0.2, -0.15) is 0 Å². The molecule has 0 unspecified atom stereocenters. The molecule has 19 heavy (non-hydrogen) atoms. The molecule has 6 heteroatoms. The normalized spacial score (nSPS) is 11.1. The van der Waals surface area contributed by atoms with Gasteiger partial charge >= 0.3 is 0 Å². The number of aryl methyl sites for hydroxylation is 1. The third kappa shape index (κ3) is 2.02. The first-order valence-electron chi connectivity index (χ1n) is 5.81. The van der Waals surface area contributed by atoms with E-state index in [2.05, 4.69) is 10.3 Å². The molecule has 0 saturated heterocycles. The summed E-state index contributed by atoms with van der Waals surface area (Å²) in [6.07, 6.45) is 1.79. The Morgan fingerprint density at radius 3 is 2.89 bits per heavy atom. The second-order valence-corrected chi connectivity index (χ2v) is 4.27. The Morgan fingerprint density at radius 2 is 2.21 bits per heavy atom. The van der Waals surface area contributed by atoms with E-state index in [0.29, 0.717) is 22.4 Å². The fraction of sp³-hybridized carbons (Fsp3) is 0.154. The van der Waals surface area contributed by atoms with E-state index in [0.717, 1.165) is 5.56 Å². The molecule has 0 atom stereocenters. The van der Waals surface area contributed by atoms with E-state index in [4.69, 9.17) is 10.2 Å². The minimum Gasteiger partial charge on any atom is -0.459 e. The van der Waals surface area contributed by atoms with Crippen LogP contribution >= 0.6 is 0 Å². The van der Waals surface area contributed by atoms with E-state index in [1.165, 1.54) is 6.07 Å². The highest BCUT2D eigenvalue weighted by Crippen LogP contribution is 2.21. The van der Waals surface area contributed by atoms with Gasteiger partial charge in [-0.05, 0) is 18.2 Å². The highest BCUT2D eigenvalue weighted by atomic mass is 16.3. The molecule has 6 nitrogen and oxygen atoms in total. The maximum absolute atomic E-state index is 12.0. The van der Waals surface area contributed by atoms with Crippen LogP contribution in [0.2, 0.25) is 0 Å². The van der Waals surface area contributed by atoms with Gasteiger partial charge in [0, 0.05) is 18.7 Å². The standard InChI is InChI=1S/C13H12N4O2/c1-17-7-11(15-16-17)8-2-3-13-10(4-8)12(18)5-9(6-14)19-13/h2-5,7H,6,14H2,1H3. The average molecular weight is 256 g/mol. The molecule has 1 aromatic carbocycles. The van der Waals surface area contributed by atoms with Crippen LogP contribution in [0, 0.1) is 0 Å². The van der Waals surface area contributed by atoms with E-state index in [1.54, 1.807) is 30.1 Å². The highest BCUT2D eigenvalue weighted by Gasteiger charge is 2.08. The van der Waals surface area contributed by atoms with Crippen LogP contribution in [0.1, 0.15) is 5.76 Å². The second kappa shape index (κ2) is 4.33. The maximum Gasteiger partial charge on any atom is 0.193 e. The van der Waals surface area contributed by atoms with Crippen molar-refractivity contribution in [2.24, 2.45) is 12.8 Å². The Morgan fingerprint density at radius 1 is 1.37 bits per heavy atom. The average Bonchev–Trinajstić information content (AvgIpc) is 2.85. The summed E-state index contributed by atoms with van der Waals surface area (Å²) < 4.78 is 7.13. The lowest BCUT2D eigenvalue weighted by Crippen LogP contribution is -2.05. The zero-order valence-corrected chi connectivity index (χ0v) is 10.3. The van der Waals surface area contributed by atoms with Crippen LogP contribution in [0.15, 0.2) is 39.7 Å². The van der Waals surface area contributed by atoms with Gasteiger partial charge in [-0.15, -0.1) is 5.10 Å². The van der Waals surface area contributed by atoms with Crippen molar-refractivity contribution in [1.82, 2.24) is 15.0 Å². The third-order valence-electron chi connectivity index (χ3n) is 2.88. The van der Waals surface area contributed by atoms with Crippen LogP contribution in [0.25, 0.3) is 22.2 Å².